The van der Waals surface area contributed by atoms with Crippen LogP contribution in [0.15, 0.2) is 66.2 Å². The van der Waals surface area contributed by atoms with Gasteiger partial charge < -0.3 is 14.2 Å². The van der Waals surface area contributed by atoms with E-state index < -0.39 is 10.0 Å². The molecule has 0 bridgehead atoms. The Morgan fingerprint density at radius 2 is 1.84 bits per heavy atom. The molecule has 0 radical (unpaired) electrons. The minimum absolute atomic E-state index is 0.0410. The van der Waals surface area contributed by atoms with Crippen LogP contribution in [0.2, 0.25) is 0 Å². The van der Waals surface area contributed by atoms with Crippen LogP contribution in [0.3, 0.4) is 0 Å². The van der Waals surface area contributed by atoms with Crippen LogP contribution in [0.4, 0.5) is 5.69 Å². The fourth-order valence-electron chi connectivity index (χ4n) is 3.04. The molecule has 0 spiro atoms. The van der Waals surface area contributed by atoms with Crippen molar-refractivity contribution in [1.29, 1.82) is 0 Å². The molecule has 0 fully saturated rings. The Balaban J connectivity index is 1.89. The Labute approximate surface area is 182 Å². The maximum Gasteiger partial charge on any atom is 0.283 e. The molecule has 0 aliphatic heterocycles. The van der Waals surface area contributed by atoms with Gasteiger partial charge in [-0.2, -0.15) is 8.42 Å². The van der Waals surface area contributed by atoms with Crippen molar-refractivity contribution in [3.8, 4) is 5.88 Å². The fourth-order valence-corrected chi connectivity index (χ4v) is 4.46. The van der Waals surface area contributed by atoms with E-state index in [1.54, 1.807) is 52.9 Å². The molecule has 0 saturated heterocycles. The van der Waals surface area contributed by atoms with Crippen LogP contribution < -0.4 is 9.04 Å². The summed E-state index contributed by atoms with van der Waals surface area (Å²) in [7, 11) is -0.783. The monoisotopic (exact) mass is 443 g/mol. The summed E-state index contributed by atoms with van der Waals surface area (Å²) in [6.45, 7) is 2.53. The molecule has 0 unspecified atom stereocenters. The Bertz CT molecular complexity index is 1110. The Morgan fingerprint density at radius 3 is 2.39 bits per heavy atom. The van der Waals surface area contributed by atoms with Gasteiger partial charge >= 0.3 is 0 Å². The van der Waals surface area contributed by atoms with Gasteiger partial charge in [-0.3, -0.25) is 9.10 Å². The zero-order chi connectivity index (χ0) is 22.4. The van der Waals surface area contributed by atoms with Gasteiger partial charge in [-0.1, -0.05) is 18.2 Å². The minimum Gasteiger partial charge on any atom is -0.481 e. The van der Waals surface area contributed by atoms with Gasteiger partial charge in [0.1, 0.15) is 0 Å². The molecule has 2 heterocycles. The number of hydrogen-bond acceptors (Lipinski definition) is 6. The van der Waals surface area contributed by atoms with Crippen molar-refractivity contribution in [2.45, 2.75) is 11.9 Å². The predicted octanol–water partition coefficient (Wildman–Crippen LogP) is 2.18. The second-order valence-corrected chi connectivity index (χ2v) is 8.57. The van der Waals surface area contributed by atoms with Gasteiger partial charge in [-0.25, -0.2) is 9.97 Å². The molecule has 0 saturated carbocycles. The number of amides is 1. The number of rotatable bonds is 9. The minimum atomic E-state index is -3.96. The number of aryl methyl sites for hydroxylation is 1. The quantitative estimate of drug-likeness (QED) is 0.503. The van der Waals surface area contributed by atoms with Crippen molar-refractivity contribution in [3.05, 3.63) is 66.7 Å². The summed E-state index contributed by atoms with van der Waals surface area (Å²) in [4.78, 5) is 22.6. The van der Waals surface area contributed by atoms with Gasteiger partial charge in [0.15, 0.2) is 5.03 Å². The van der Waals surface area contributed by atoms with Gasteiger partial charge in [-0.05, 0) is 25.1 Å². The molecule has 0 N–H and O–H groups in total. The SMILES string of the molecule is CCN(CCN(c1ccc(OC)nc1)S(=O)(=O)c1cn(C)cn1)C(=O)c1ccccc1. The van der Waals surface area contributed by atoms with Crippen LogP contribution in [0, 0.1) is 0 Å². The van der Waals surface area contributed by atoms with Crippen molar-refractivity contribution >= 4 is 21.6 Å². The first-order chi connectivity index (χ1) is 14.9. The maximum atomic E-state index is 13.3. The first kappa shape index (κ1) is 22.3. The highest BCUT2D eigenvalue weighted by Crippen LogP contribution is 2.23. The zero-order valence-corrected chi connectivity index (χ0v) is 18.5. The molecule has 2 aromatic heterocycles. The number of pyridine rings is 1. The lowest BCUT2D eigenvalue weighted by Gasteiger charge is -2.27. The topological polar surface area (TPSA) is 97.6 Å². The lowest BCUT2D eigenvalue weighted by atomic mass is 10.2. The van der Waals surface area contributed by atoms with Gasteiger partial charge in [-0.15, -0.1) is 0 Å². The van der Waals surface area contributed by atoms with E-state index in [9.17, 15) is 13.2 Å². The molecule has 3 aromatic rings. The predicted molar refractivity (Wildman–Crippen MR) is 117 cm³/mol. The third kappa shape index (κ3) is 5.02. The average Bonchev–Trinajstić information content (AvgIpc) is 3.24. The smallest absolute Gasteiger partial charge is 0.283 e. The highest BCUT2D eigenvalue weighted by Gasteiger charge is 2.28. The Morgan fingerprint density at radius 1 is 1.10 bits per heavy atom. The van der Waals surface area contributed by atoms with Crippen LogP contribution in [0.25, 0.3) is 0 Å². The molecule has 3 rings (SSSR count). The van der Waals surface area contributed by atoms with E-state index in [0.29, 0.717) is 23.7 Å². The summed E-state index contributed by atoms with van der Waals surface area (Å²) in [5, 5.41) is -0.0803. The summed E-state index contributed by atoms with van der Waals surface area (Å²) >= 11 is 0. The Hall–Kier alpha value is -3.40. The number of methoxy groups -OCH3 is 1. The highest BCUT2D eigenvalue weighted by atomic mass is 32.2. The number of benzene rings is 1. The van der Waals surface area contributed by atoms with Gasteiger partial charge in [0, 0.05) is 38.0 Å². The van der Waals surface area contributed by atoms with Crippen LogP contribution >= 0.6 is 0 Å². The van der Waals surface area contributed by atoms with Gasteiger partial charge in [0.2, 0.25) is 5.88 Å². The molecule has 0 aliphatic rings. The molecule has 164 valence electrons. The first-order valence-corrected chi connectivity index (χ1v) is 11.2. The largest absolute Gasteiger partial charge is 0.481 e. The number of nitrogens with zero attached hydrogens (tertiary/aromatic N) is 5. The molecule has 1 aromatic carbocycles. The van der Waals surface area contributed by atoms with E-state index in [1.165, 1.54) is 30.1 Å². The lowest BCUT2D eigenvalue weighted by Crippen LogP contribution is -2.41. The lowest BCUT2D eigenvalue weighted by molar-refractivity contribution is 0.0769. The van der Waals surface area contributed by atoms with Crippen molar-refractivity contribution in [2.24, 2.45) is 7.05 Å². The van der Waals surface area contributed by atoms with Crippen LogP contribution in [0.1, 0.15) is 17.3 Å². The number of aromatic nitrogens is 3. The third-order valence-corrected chi connectivity index (χ3v) is 6.43. The van der Waals surface area contributed by atoms with E-state index >= 15 is 0 Å². The summed E-state index contributed by atoms with van der Waals surface area (Å²) in [6, 6.07) is 12.1. The van der Waals surface area contributed by atoms with Gasteiger partial charge in [0.25, 0.3) is 15.9 Å². The molecular formula is C21H25N5O4S. The van der Waals surface area contributed by atoms with E-state index in [1.807, 2.05) is 13.0 Å². The molecular weight excluding hydrogens is 418 g/mol. The fraction of sp³-hybridized carbons (Fsp3) is 0.286. The number of carbonyl (C=O) groups is 1. The summed E-state index contributed by atoms with van der Waals surface area (Å²) in [5.41, 5.74) is 0.907. The normalized spacial score (nSPS) is 11.2. The molecule has 0 aliphatic carbocycles. The number of ether oxygens (including phenoxy) is 1. The highest BCUT2D eigenvalue weighted by molar-refractivity contribution is 7.92. The third-order valence-electron chi connectivity index (χ3n) is 4.72. The van der Waals surface area contributed by atoms with Crippen molar-refractivity contribution in [3.63, 3.8) is 0 Å². The Kier molecular flexibility index (Phi) is 6.91. The van der Waals surface area contributed by atoms with E-state index in [4.69, 9.17) is 4.74 Å². The molecule has 9 nitrogen and oxygen atoms in total. The number of sulfonamides is 1. The van der Waals surface area contributed by atoms with E-state index in [0.717, 1.165) is 0 Å². The van der Waals surface area contributed by atoms with Crippen LogP contribution in [-0.2, 0) is 17.1 Å². The number of anilines is 1. The molecule has 31 heavy (non-hydrogen) atoms. The molecule has 0 atom stereocenters. The van der Waals surface area contributed by atoms with Crippen molar-refractivity contribution < 1.29 is 17.9 Å². The number of carbonyl (C=O) groups excluding carboxylic acids is 1. The number of likely N-dealkylation sites (N-methyl/N-ethyl adjacent to an activating group) is 1. The van der Waals surface area contributed by atoms with Crippen LogP contribution in [0.5, 0.6) is 5.88 Å². The number of imidazole rings is 1. The second-order valence-electron chi connectivity index (χ2n) is 6.76. The second kappa shape index (κ2) is 9.61. The van der Waals surface area contributed by atoms with Gasteiger partial charge in [0.05, 0.1) is 31.9 Å². The standard InChI is InChI=1S/C21H25N5O4S/c1-4-25(21(27)17-8-6-5-7-9-17)12-13-26(18-10-11-19(30-3)22-14-18)31(28,29)20-15-24(2)16-23-20/h5-11,14-16H,4,12-13H2,1-3H3. The number of hydrogen-bond donors (Lipinski definition) is 0. The first-order valence-electron chi connectivity index (χ1n) is 9.72. The van der Waals surface area contributed by atoms with Crippen molar-refractivity contribution in [2.75, 3.05) is 31.0 Å². The average molecular weight is 444 g/mol. The molecule has 1 amide bonds. The van der Waals surface area contributed by atoms with Crippen LogP contribution in [-0.4, -0.2) is 60.5 Å². The zero-order valence-electron chi connectivity index (χ0n) is 17.7. The maximum absolute atomic E-state index is 13.3. The van der Waals surface area contributed by atoms with Crippen molar-refractivity contribution in [1.82, 2.24) is 19.4 Å². The summed E-state index contributed by atoms with van der Waals surface area (Å²) in [5.74, 6) is 0.208. The summed E-state index contributed by atoms with van der Waals surface area (Å²) < 4.78 is 34.5. The van der Waals surface area contributed by atoms with E-state index in [2.05, 4.69) is 9.97 Å². The van der Waals surface area contributed by atoms with E-state index in [-0.39, 0.29) is 24.0 Å². The molecule has 10 heteroatoms. The summed E-state index contributed by atoms with van der Waals surface area (Å²) in [6.07, 6.45) is 4.29.